The predicted octanol–water partition coefficient (Wildman–Crippen LogP) is 3.50. The molecule has 0 fully saturated rings. The summed E-state index contributed by atoms with van der Waals surface area (Å²) in [6.45, 7) is 0.836. The first kappa shape index (κ1) is 12.9. The second kappa shape index (κ2) is 5.87. The topological polar surface area (TPSA) is 30.5 Å². The molecule has 0 radical (unpaired) electrons. The first-order chi connectivity index (χ1) is 9.85. The number of fused-ring (bicyclic) bond motifs is 1. The lowest BCUT2D eigenvalue weighted by atomic mass is 10.1. The monoisotopic (exact) mass is 269 g/mol. The number of anilines is 1. The molecule has 0 aliphatic carbocycles. The molecule has 0 amide bonds. The van der Waals surface area contributed by atoms with E-state index in [0.717, 1.165) is 30.9 Å². The van der Waals surface area contributed by atoms with Crippen LogP contribution in [0, 0.1) is 0 Å². The van der Waals surface area contributed by atoms with Crippen LogP contribution in [0.15, 0.2) is 48.5 Å². The molecule has 0 saturated carbocycles. The fraction of sp³-hybridized carbons (Fsp3) is 0.294. The van der Waals surface area contributed by atoms with Crippen molar-refractivity contribution in [1.29, 1.82) is 0 Å². The van der Waals surface area contributed by atoms with Gasteiger partial charge < -0.3 is 14.8 Å². The summed E-state index contributed by atoms with van der Waals surface area (Å²) in [5.74, 6) is 1.74. The van der Waals surface area contributed by atoms with Gasteiger partial charge in [0.25, 0.3) is 0 Å². The molecule has 1 atom stereocenters. The number of benzene rings is 2. The van der Waals surface area contributed by atoms with Gasteiger partial charge in [0.05, 0.1) is 13.7 Å². The van der Waals surface area contributed by atoms with Crippen molar-refractivity contribution in [3.63, 3.8) is 0 Å². The molecule has 2 aromatic carbocycles. The summed E-state index contributed by atoms with van der Waals surface area (Å²) in [6, 6.07) is 16.2. The Kier molecular flexibility index (Phi) is 3.77. The summed E-state index contributed by atoms with van der Waals surface area (Å²) < 4.78 is 11.2. The quantitative estimate of drug-likeness (QED) is 0.925. The molecule has 104 valence electrons. The van der Waals surface area contributed by atoms with Crippen molar-refractivity contribution >= 4 is 5.69 Å². The van der Waals surface area contributed by atoms with Crippen molar-refractivity contribution in [3.8, 4) is 11.5 Å². The highest BCUT2D eigenvalue weighted by atomic mass is 16.5. The van der Waals surface area contributed by atoms with Crippen molar-refractivity contribution in [2.45, 2.75) is 18.9 Å². The molecule has 0 saturated heterocycles. The van der Waals surface area contributed by atoms with Gasteiger partial charge in [0.15, 0.2) is 0 Å². The van der Waals surface area contributed by atoms with Gasteiger partial charge in [-0.3, -0.25) is 0 Å². The van der Waals surface area contributed by atoms with Gasteiger partial charge in [0.2, 0.25) is 0 Å². The zero-order valence-corrected chi connectivity index (χ0v) is 11.6. The third-order valence-corrected chi connectivity index (χ3v) is 3.64. The molecule has 1 N–H and O–H groups in total. The maximum atomic E-state index is 6.05. The number of ether oxygens (including phenoxy) is 2. The molecule has 3 rings (SSSR count). The van der Waals surface area contributed by atoms with Crippen LogP contribution in [0.5, 0.6) is 11.5 Å². The molecule has 0 bridgehead atoms. The van der Waals surface area contributed by atoms with Crippen LogP contribution in [0.1, 0.15) is 12.0 Å². The third-order valence-electron chi connectivity index (χ3n) is 3.64. The molecule has 1 aliphatic heterocycles. The Hall–Kier alpha value is -2.16. The Labute approximate surface area is 119 Å². The Balaban J connectivity index is 1.65. The lowest BCUT2D eigenvalue weighted by Gasteiger charge is -2.17. The number of hydrogen-bond acceptors (Lipinski definition) is 3. The lowest BCUT2D eigenvalue weighted by Crippen LogP contribution is -2.24. The minimum atomic E-state index is 0.191. The predicted molar refractivity (Wildman–Crippen MR) is 80.7 cm³/mol. The lowest BCUT2D eigenvalue weighted by molar-refractivity contribution is 0.206. The van der Waals surface area contributed by atoms with Crippen molar-refractivity contribution in [3.05, 3.63) is 54.1 Å². The Morgan fingerprint density at radius 1 is 1.00 bits per heavy atom. The van der Waals surface area contributed by atoms with Crippen LogP contribution in [-0.2, 0) is 6.42 Å². The molecule has 20 heavy (non-hydrogen) atoms. The smallest absolute Gasteiger partial charge is 0.120 e. The number of methoxy groups -OCH3 is 1. The average Bonchev–Trinajstić information content (AvgIpc) is 2.71. The van der Waals surface area contributed by atoms with E-state index in [2.05, 4.69) is 29.6 Å². The summed E-state index contributed by atoms with van der Waals surface area (Å²) in [4.78, 5) is 0. The number of rotatable bonds is 3. The van der Waals surface area contributed by atoms with E-state index in [4.69, 9.17) is 9.47 Å². The van der Waals surface area contributed by atoms with E-state index >= 15 is 0 Å². The van der Waals surface area contributed by atoms with Gasteiger partial charge in [-0.15, -0.1) is 0 Å². The summed E-state index contributed by atoms with van der Waals surface area (Å²) in [6.07, 6.45) is 2.26. The molecule has 0 aromatic heterocycles. The average molecular weight is 269 g/mol. The van der Waals surface area contributed by atoms with Crippen LogP contribution in [0.25, 0.3) is 0 Å². The molecule has 1 aliphatic rings. The Morgan fingerprint density at radius 2 is 1.75 bits per heavy atom. The number of aryl methyl sites for hydroxylation is 1. The highest BCUT2D eigenvalue weighted by Gasteiger charge is 2.16. The van der Waals surface area contributed by atoms with Gasteiger partial charge in [-0.1, -0.05) is 18.2 Å². The largest absolute Gasteiger partial charge is 0.497 e. The van der Waals surface area contributed by atoms with Gasteiger partial charge >= 0.3 is 0 Å². The first-order valence-electron chi connectivity index (χ1n) is 6.97. The number of nitrogens with one attached hydrogen (secondary N) is 1. The van der Waals surface area contributed by atoms with E-state index in [0.29, 0.717) is 0 Å². The molecular weight excluding hydrogens is 250 g/mol. The van der Waals surface area contributed by atoms with E-state index in [1.54, 1.807) is 7.11 Å². The zero-order valence-electron chi connectivity index (χ0n) is 11.6. The van der Waals surface area contributed by atoms with Gasteiger partial charge in [0, 0.05) is 5.69 Å². The van der Waals surface area contributed by atoms with Crippen molar-refractivity contribution in [2.24, 2.45) is 0 Å². The number of hydrogen-bond donors (Lipinski definition) is 1. The molecule has 3 nitrogen and oxygen atoms in total. The first-order valence-corrected chi connectivity index (χ1v) is 6.97. The van der Waals surface area contributed by atoms with Gasteiger partial charge in [-0.2, -0.15) is 0 Å². The summed E-state index contributed by atoms with van der Waals surface area (Å²) in [5, 5.41) is 3.47. The minimum absolute atomic E-state index is 0.191. The van der Waals surface area contributed by atoms with E-state index in [-0.39, 0.29) is 6.10 Å². The number of para-hydroxylation sites is 1. The Morgan fingerprint density at radius 3 is 2.55 bits per heavy atom. The SMILES string of the molecule is COc1ccc(O[C@H]2CCc3ccccc3NC2)cc1. The maximum absolute atomic E-state index is 6.05. The van der Waals surface area contributed by atoms with E-state index in [1.807, 2.05) is 24.3 Å². The molecule has 3 heteroatoms. The van der Waals surface area contributed by atoms with Crippen molar-refractivity contribution in [1.82, 2.24) is 0 Å². The highest BCUT2D eigenvalue weighted by Crippen LogP contribution is 2.24. The van der Waals surface area contributed by atoms with Gasteiger partial charge in [0.1, 0.15) is 17.6 Å². The van der Waals surface area contributed by atoms with E-state index in [1.165, 1.54) is 11.3 Å². The van der Waals surface area contributed by atoms with Crippen LogP contribution in [0.2, 0.25) is 0 Å². The molecule has 2 aromatic rings. The molecule has 1 heterocycles. The van der Waals surface area contributed by atoms with Crippen LogP contribution < -0.4 is 14.8 Å². The maximum Gasteiger partial charge on any atom is 0.120 e. The summed E-state index contributed by atoms with van der Waals surface area (Å²) in [5.41, 5.74) is 2.60. The third kappa shape index (κ3) is 2.87. The minimum Gasteiger partial charge on any atom is -0.497 e. The second-order valence-electron chi connectivity index (χ2n) is 4.99. The zero-order chi connectivity index (χ0) is 13.8. The van der Waals surface area contributed by atoms with E-state index in [9.17, 15) is 0 Å². The van der Waals surface area contributed by atoms with Crippen LogP contribution in [-0.4, -0.2) is 19.8 Å². The normalized spacial score (nSPS) is 17.6. The Bertz CT molecular complexity index is 538. The van der Waals surface area contributed by atoms with Crippen LogP contribution in [0.3, 0.4) is 0 Å². The van der Waals surface area contributed by atoms with Gasteiger partial charge in [-0.25, -0.2) is 0 Å². The fourth-order valence-corrected chi connectivity index (χ4v) is 2.50. The standard InChI is InChI=1S/C17H19NO2/c1-19-14-8-10-15(11-9-14)20-16-7-6-13-4-2-3-5-17(13)18-12-16/h2-5,8-11,16,18H,6-7,12H2,1H3/t16-/m0/s1. The molecule has 0 unspecified atom stereocenters. The van der Waals surface area contributed by atoms with Crippen LogP contribution in [0.4, 0.5) is 5.69 Å². The molecular formula is C17H19NO2. The highest BCUT2D eigenvalue weighted by molar-refractivity contribution is 5.52. The summed E-state index contributed by atoms with van der Waals surface area (Å²) in [7, 11) is 1.67. The second-order valence-corrected chi connectivity index (χ2v) is 4.99. The van der Waals surface area contributed by atoms with E-state index < -0.39 is 0 Å². The summed E-state index contributed by atoms with van der Waals surface area (Å²) >= 11 is 0. The fourth-order valence-electron chi connectivity index (χ4n) is 2.50. The van der Waals surface area contributed by atoms with Gasteiger partial charge in [-0.05, 0) is 48.7 Å². The van der Waals surface area contributed by atoms with Crippen LogP contribution >= 0.6 is 0 Å². The van der Waals surface area contributed by atoms with Crippen molar-refractivity contribution in [2.75, 3.05) is 19.0 Å². The van der Waals surface area contributed by atoms with Crippen molar-refractivity contribution < 1.29 is 9.47 Å². The molecule has 0 spiro atoms.